The number of aromatic nitrogens is 2. The van der Waals surface area contributed by atoms with Crippen LogP contribution in [0.1, 0.15) is 10.5 Å². The minimum absolute atomic E-state index is 0.190. The van der Waals surface area contributed by atoms with Gasteiger partial charge in [0.25, 0.3) is 0 Å². The maximum Gasteiger partial charge on any atom is 0.358 e. The molecule has 7 nitrogen and oxygen atoms in total. The maximum absolute atomic E-state index is 11.2. The van der Waals surface area contributed by atoms with Crippen LogP contribution in [0.15, 0.2) is 12.4 Å². The van der Waals surface area contributed by atoms with E-state index in [-0.39, 0.29) is 5.69 Å². The molecule has 0 radical (unpaired) electrons. The highest BCUT2D eigenvalue weighted by atomic mass is 16.5. The largest absolute Gasteiger partial charge is 0.464 e. The first-order valence-electron chi connectivity index (χ1n) is 5.62. The average Bonchev–Trinajstić information content (AvgIpc) is 2.42. The molecule has 2 N–H and O–H groups in total. The Morgan fingerprint density at radius 2 is 2.11 bits per heavy atom. The summed E-state index contributed by atoms with van der Waals surface area (Å²) in [6, 6.07) is 0. The molecule has 0 saturated heterocycles. The van der Waals surface area contributed by atoms with Crippen molar-refractivity contribution in [1.29, 1.82) is 0 Å². The predicted octanol–water partition coefficient (Wildman–Crippen LogP) is -0.0889. The third-order valence-corrected chi connectivity index (χ3v) is 2.12. The Hall–Kier alpha value is -1.73. The van der Waals surface area contributed by atoms with Gasteiger partial charge in [-0.3, -0.25) is 4.98 Å². The van der Waals surface area contributed by atoms with Crippen LogP contribution in [0.5, 0.6) is 0 Å². The summed E-state index contributed by atoms with van der Waals surface area (Å²) in [5.74, 6) is 0.0517. The molecule has 0 saturated carbocycles. The molecule has 0 aliphatic carbocycles. The van der Waals surface area contributed by atoms with Gasteiger partial charge < -0.3 is 20.1 Å². The SMILES string of the molecule is COCCNCCNc1cncc(C(=O)OC)n1. The van der Waals surface area contributed by atoms with Crippen molar-refractivity contribution >= 4 is 11.8 Å². The van der Waals surface area contributed by atoms with E-state index in [4.69, 9.17) is 4.74 Å². The number of carbonyl (C=O) groups excluding carboxylic acids is 1. The van der Waals surface area contributed by atoms with Crippen molar-refractivity contribution < 1.29 is 14.3 Å². The molecular weight excluding hydrogens is 236 g/mol. The summed E-state index contributed by atoms with van der Waals surface area (Å²) < 4.78 is 9.47. The molecule has 0 bridgehead atoms. The fourth-order valence-corrected chi connectivity index (χ4v) is 1.23. The highest BCUT2D eigenvalue weighted by Crippen LogP contribution is 2.02. The van der Waals surface area contributed by atoms with Crippen molar-refractivity contribution in [3.05, 3.63) is 18.1 Å². The Bertz CT molecular complexity index is 373. The van der Waals surface area contributed by atoms with Crippen LogP contribution in [-0.2, 0) is 9.47 Å². The van der Waals surface area contributed by atoms with Crippen molar-refractivity contribution in [3.63, 3.8) is 0 Å². The number of nitrogens with zero attached hydrogens (tertiary/aromatic N) is 2. The van der Waals surface area contributed by atoms with Gasteiger partial charge >= 0.3 is 5.97 Å². The van der Waals surface area contributed by atoms with Gasteiger partial charge in [-0.15, -0.1) is 0 Å². The van der Waals surface area contributed by atoms with E-state index >= 15 is 0 Å². The number of ether oxygens (including phenoxy) is 2. The zero-order valence-electron chi connectivity index (χ0n) is 10.6. The van der Waals surface area contributed by atoms with E-state index in [0.717, 1.165) is 13.1 Å². The Kier molecular flexibility index (Phi) is 6.67. The number of anilines is 1. The van der Waals surface area contributed by atoms with E-state index in [1.807, 2.05) is 0 Å². The first-order chi connectivity index (χ1) is 8.77. The second kappa shape index (κ2) is 8.37. The second-order valence-corrected chi connectivity index (χ2v) is 3.45. The van der Waals surface area contributed by atoms with Gasteiger partial charge in [-0.1, -0.05) is 0 Å². The molecule has 1 aromatic heterocycles. The normalized spacial score (nSPS) is 10.1. The molecule has 0 aliphatic heterocycles. The number of esters is 1. The zero-order chi connectivity index (χ0) is 13.2. The number of rotatable bonds is 8. The van der Waals surface area contributed by atoms with E-state index in [9.17, 15) is 4.79 Å². The van der Waals surface area contributed by atoms with Gasteiger partial charge in [-0.05, 0) is 0 Å². The second-order valence-electron chi connectivity index (χ2n) is 3.45. The molecule has 0 fully saturated rings. The molecule has 7 heteroatoms. The molecule has 0 atom stereocenters. The molecular formula is C11H18N4O3. The summed E-state index contributed by atoms with van der Waals surface area (Å²) in [5, 5.41) is 6.23. The van der Waals surface area contributed by atoms with Gasteiger partial charge in [0.2, 0.25) is 0 Å². The fraction of sp³-hybridized carbons (Fsp3) is 0.545. The van der Waals surface area contributed by atoms with Crippen LogP contribution in [0, 0.1) is 0 Å². The zero-order valence-corrected chi connectivity index (χ0v) is 10.6. The van der Waals surface area contributed by atoms with E-state index < -0.39 is 5.97 Å². The molecule has 0 amide bonds. The standard InChI is InChI=1S/C11H18N4O3/c1-17-6-5-12-3-4-14-10-8-13-7-9(15-10)11(16)18-2/h7-8,12H,3-6H2,1-2H3,(H,14,15). The van der Waals surface area contributed by atoms with Gasteiger partial charge in [-0.2, -0.15) is 0 Å². The molecule has 0 unspecified atom stereocenters. The van der Waals surface area contributed by atoms with Crippen LogP contribution < -0.4 is 10.6 Å². The molecule has 1 rings (SSSR count). The lowest BCUT2D eigenvalue weighted by Gasteiger charge is -2.07. The molecule has 1 heterocycles. The molecule has 18 heavy (non-hydrogen) atoms. The number of carbonyl (C=O) groups is 1. The Morgan fingerprint density at radius 3 is 2.83 bits per heavy atom. The van der Waals surface area contributed by atoms with E-state index in [1.165, 1.54) is 13.3 Å². The topological polar surface area (TPSA) is 85.4 Å². The van der Waals surface area contributed by atoms with Crippen molar-refractivity contribution in [3.8, 4) is 0 Å². The van der Waals surface area contributed by atoms with Gasteiger partial charge in [0.15, 0.2) is 5.69 Å². The van der Waals surface area contributed by atoms with Crippen LogP contribution in [0.4, 0.5) is 5.82 Å². The third kappa shape index (κ3) is 5.07. The number of nitrogens with one attached hydrogen (secondary N) is 2. The number of hydrogen-bond donors (Lipinski definition) is 2. The van der Waals surface area contributed by atoms with Gasteiger partial charge in [-0.25, -0.2) is 9.78 Å². The minimum Gasteiger partial charge on any atom is -0.464 e. The molecule has 1 aromatic rings. The quantitative estimate of drug-likeness (QED) is 0.495. The summed E-state index contributed by atoms with van der Waals surface area (Å²) >= 11 is 0. The lowest BCUT2D eigenvalue weighted by Crippen LogP contribution is -2.25. The predicted molar refractivity (Wildman–Crippen MR) is 66.6 cm³/mol. The smallest absolute Gasteiger partial charge is 0.358 e. The molecule has 0 aromatic carbocycles. The van der Waals surface area contributed by atoms with Crippen LogP contribution >= 0.6 is 0 Å². The van der Waals surface area contributed by atoms with Gasteiger partial charge in [0.1, 0.15) is 5.82 Å². The Balaban J connectivity index is 2.32. The monoisotopic (exact) mass is 254 g/mol. The van der Waals surface area contributed by atoms with E-state index in [2.05, 4.69) is 25.3 Å². The highest BCUT2D eigenvalue weighted by Gasteiger charge is 2.07. The van der Waals surface area contributed by atoms with Crippen molar-refractivity contribution in [2.45, 2.75) is 0 Å². The highest BCUT2D eigenvalue weighted by molar-refractivity contribution is 5.87. The van der Waals surface area contributed by atoms with Crippen LogP contribution in [0.3, 0.4) is 0 Å². The maximum atomic E-state index is 11.2. The summed E-state index contributed by atoms with van der Waals surface area (Å²) in [7, 11) is 2.97. The summed E-state index contributed by atoms with van der Waals surface area (Å²) in [5.41, 5.74) is 0.190. The first kappa shape index (κ1) is 14.3. The van der Waals surface area contributed by atoms with E-state index in [0.29, 0.717) is 19.0 Å². The molecule has 0 spiro atoms. The molecule has 100 valence electrons. The van der Waals surface area contributed by atoms with Crippen molar-refractivity contribution in [1.82, 2.24) is 15.3 Å². The average molecular weight is 254 g/mol. The lowest BCUT2D eigenvalue weighted by molar-refractivity contribution is 0.0593. The fourth-order valence-electron chi connectivity index (χ4n) is 1.23. The van der Waals surface area contributed by atoms with Crippen LogP contribution in [-0.4, -0.2) is 56.4 Å². The first-order valence-corrected chi connectivity index (χ1v) is 5.62. The lowest BCUT2D eigenvalue weighted by atomic mass is 10.4. The van der Waals surface area contributed by atoms with E-state index in [1.54, 1.807) is 13.3 Å². The van der Waals surface area contributed by atoms with Crippen LogP contribution in [0.25, 0.3) is 0 Å². The Labute approximate surface area is 106 Å². The summed E-state index contributed by atoms with van der Waals surface area (Å²) in [6.45, 7) is 2.93. The number of hydrogen-bond acceptors (Lipinski definition) is 7. The third-order valence-electron chi connectivity index (χ3n) is 2.12. The van der Waals surface area contributed by atoms with Crippen molar-refractivity contribution in [2.24, 2.45) is 0 Å². The van der Waals surface area contributed by atoms with Gasteiger partial charge in [0, 0.05) is 26.7 Å². The number of methoxy groups -OCH3 is 2. The molecule has 0 aliphatic rings. The summed E-state index contributed by atoms with van der Waals surface area (Å²) in [6.07, 6.45) is 2.93. The Morgan fingerprint density at radius 1 is 1.28 bits per heavy atom. The minimum atomic E-state index is -0.496. The van der Waals surface area contributed by atoms with Crippen molar-refractivity contribution in [2.75, 3.05) is 45.8 Å². The van der Waals surface area contributed by atoms with Gasteiger partial charge in [0.05, 0.1) is 26.1 Å². The summed E-state index contributed by atoms with van der Waals surface area (Å²) in [4.78, 5) is 19.2. The van der Waals surface area contributed by atoms with Crippen LogP contribution in [0.2, 0.25) is 0 Å².